The monoisotopic (exact) mass is 517 g/mol. The molecule has 1 aliphatic carbocycles. The topological polar surface area (TPSA) is 84.1 Å². The Labute approximate surface area is 221 Å². The third-order valence-electron chi connectivity index (χ3n) is 6.74. The molecule has 0 spiro atoms. The molecule has 2 heterocycles. The van der Waals surface area contributed by atoms with Crippen LogP contribution in [-0.4, -0.2) is 49.7 Å². The number of rotatable bonds is 9. The van der Waals surface area contributed by atoms with Crippen LogP contribution in [-0.2, 0) is 11.3 Å². The maximum absolute atomic E-state index is 12.6. The van der Waals surface area contributed by atoms with Crippen LogP contribution >= 0.6 is 11.8 Å². The van der Waals surface area contributed by atoms with Crippen LogP contribution in [0.25, 0.3) is 5.69 Å². The van der Waals surface area contributed by atoms with Gasteiger partial charge in [-0.15, -0.1) is 16.9 Å². The lowest BCUT2D eigenvalue weighted by Crippen LogP contribution is -2.17. The second-order valence-corrected chi connectivity index (χ2v) is 10.4. The third-order valence-corrected chi connectivity index (χ3v) is 8.17. The number of ether oxygens (including phenoxy) is 2. The molecule has 1 fully saturated rings. The van der Waals surface area contributed by atoms with Crippen molar-refractivity contribution in [2.45, 2.75) is 55.3 Å². The highest BCUT2D eigenvalue weighted by molar-refractivity contribution is 7.99. The molecule has 0 aliphatic heterocycles. The van der Waals surface area contributed by atoms with Crippen LogP contribution in [0.2, 0.25) is 0 Å². The van der Waals surface area contributed by atoms with Crippen molar-refractivity contribution in [3.8, 4) is 11.4 Å². The average molecular weight is 518 g/mol. The molecule has 2 aromatic carbocycles. The van der Waals surface area contributed by atoms with E-state index in [2.05, 4.69) is 39.7 Å². The molecule has 5 rings (SSSR count). The molecule has 1 saturated carbocycles. The summed E-state index contributed by atoms with van der Waals surface area (Å²) in [6.07, 6.45) is 8.08. The van der Waals surface area contributed by atoms with Gasteiger partial charge in [-0.05, 0) is 80.0 Å². The van der Waals surface area contributed by atoms with Crippen molar-refractivity contribution in [2.24, 2.45) is 0 Å². The lowest BCUT2D eigenvalue weighted by Gasteiger charge is -2.28. The van der Waals surface area contributed by atoms with E-state index in [1.54, 1.807) is 32.0 Å². The van der Waals surface area contributed by atoms with Crippen molar-refractivity contribution in [3.05, 3.63) is 83.8 Å². The van der Waals surface area contributed by atoms with Gasteiger partial charge in [-0.3, -0.25) is 0 Å². The summed E-state index contributed by atoms with van der Waals surface area (Å²) in [7, 11) is 1.65. The molecule has 0 saturated heterocycles. The maximum atomic E-state index is 12.6. The SMILES string of the molecule is CCOC(=O)c1nnn(Cc2ccc(OC)cc2)c1S[C@H]1CC[C@H](c2ccc(-n3cccn3)cc2)CC1. The van der Waals surface area contributed by atoms with Crippen molar-refractivity contribution in [2.75, 3.05) is 13.7 Å². The molecule has 37 heavy (non-hydrogen) atoms. The van der Waals surface area contributed by atoms with Crippen LogP contribution in [0, 0.1) is 0 Å². The van der Waals surface area contributed by atoms with E-state index >= 15 is 0 Å². The molecule has 9 heteroatoms. The number of carbonyl (C=O) groups excluding carboxylic acids is 1. The summed E-state index contributed by atoms with van der Waals surface area (Å²) in [5, 5.41) is 14.0. The van der Waals surface area contributed by atoms with Crippen molar-refractivity contribution in [3.63, 3.8) is 0 Å². The smallest absolute Gasteiger partial charge is 0.361 e. The van der Waals surface area contributed by atoms with Gasteiger partial charge in [0.2, 0.25) is 5.69 Å². The molecule has 0 N–H and O–H groups in total. The Kier molecular flexibility index (Phi) is 7.89. The molecule has 2 aromatic heterocycles. The first-order chi connectivity index (χ1) is 18.1. The predicted octanol–water partition coefficient (Wildman–Crippen LogP) is 5.52. The van der Waals surface area contributed by atoms with Gasteiger partial charge in [-0.2, -0.15) is 5.10 Å². The van der Waals surface area contributed by atoms with Crippen LogP contribution in [0.3, 0.4) is 0 Å². The highest BCUT2D eigenvalue weighted by Crippen LogP contribution is 2.41. The van der Waals surface area contributed by atoms with E-state index in [9.17, 15) is 4.79 Å². The molecule has 1 aliphatic rings. The number of nitrogens with zero attached hydrogens (tertiary/aromatic N) is 5. The summed E-state index contributed by atoms with van der Waals surface area (Å²) in [6, 6.07) is 18.5. The highest BCUT2D eigenvalue weighted by Gasteiger charge is 2.28. The van der Waals surface area contributed by atoms with Crippen LogP contribution < -0.4 is 4.74 Å². The van der Waals surface area contributed by atoms with Gasteiger partial charge in [0.25, 0.3) is 0 Å². The van der Waals surface area contributed by atoms with Crippen LogP contribution in [0.4, 0.5) is 0 Å². The van der Waals surface area contributed by atoms with Crippen LogP contribution in [0.1, 0.15) is 60.1 Å². The fraction of sp³-hybridized carbons (Fsp3) is 0.357. The predicted molar refractivity (Wildman–Crippen MR) is 142 cm³/mol. The summed E-state index contributed by atoms with van der Waals surface area (Å²) in [5.41, 5.74) is 3.81. The van der Waals surface area contributed by atoms with Gasteiger partial charge in [-0.25, -0.2) is 14.2 Å². The summed E-state index contributed by atoms with van der Waals surface area (Å²) in [4.78, 5) is 12.6. The maximum Gasteiger partial charge on any atom is 0.361 e. The number of benzene rings is 2. The summed E-state index contributed by atoms with van der Waals surface area (Å²) in [6.45, 7) is 2.63. The second kappa shape index (κ2) is 11.6. The van der Waals surface area contributed by atoms with Gasteiger partial charge in [0.05, 0.1) is 25.9 Å². The normalized spacial score (nSPS) is 17.5. The Morgan fingerprint density at radius 1 is 1.05 bits per heavy atom. The standard InChI is InChI=1S/C28H31N5O3S/c1-3-36-28(34)26-27(33(31-30-26)19-20-5-13-24(35-2)14-6-20)37-25-15-9-22(10-16-25)21-7-11-23(12-8-21)32-18-4-17-29-32/h4-8,11-14,17-18,22,25H,3,9-10,15-16,19H2,1-2H3/t22-,25-. The number of thioether (sulfide) groups is 1. The molecular weight excluding hydrogens is 486 g/mol. The molecule has 0 atom stereocenters. The minimum atomic E-state index is -0.420. The van der Waals surface area contributed by atoms with E-state index in [-0.39, 0.29) is 0 Å². The first kappa shape index (κ1) is 25.1. The number of carbonyl (C=O) groups is 1. The Bertz CT molecular complexity index is 1290. The largest absolute Gasteiger partial charge is 0.497 e. The van der Waals surface area contributed by atoms with E-state index < -0.39 is 5.97 Å². The minimum absolute atomic E-state index is 0.302. The number of methoxy groups -OCH3 is 1. The number of esters is 1. The van der Waals surface area contributed by atoms with Gasteiger partial charge in [0, 0.05) is 17.6 Å². The second-order valence-electron chi connectivity index (χ2n) is 9.10. The molecule has 0 bridgehead atoms. The fourth-order valence-electron chi connectivity index (χ4n) is 4.75. The van der Waals surface area contributed by atoms with Gasteiger partial charge >= 0.3 is 5.97 Å². The van der Waals surface area contributed by atoms with E-state index in [0.29, 0.717) is 30.0 Å². The number of aromatic nitrogens is 5. The molecule has 8 nitrogen and oxygen atoms in total. The molecular formula is C28H31N5O3S. The first-order valence-electron chi connectivity index (χ1n) is 12.6. The Morgan fingerprint density at radius 3 is 2.46 bits per heavy atom. The van der Waals surface area contributed by atoms with Gasteiger partial charge in [0.1, 0.15) is 10.8 Å². The molecule has 0 radical (unpaired) electrons. The zero-order valence-corrected chi connectivity index (χ0v) is 21.9. The van der Waals surface area contributed by atoms with Crippen molar-refractivity contribution < 1.29 is 14.3 Å². The average Bonchev–Trinajstić information content (AvgIpc) is 3.61. The zero-order valence-electron chi connectivity index (χ0n) is 21.1. The highest BCUT2D eigenvalue weighted by atomic mass is 32.2. The molecule has 0 unspecified atom stereocenters. The van der Waals surface area contributed by atoms with Gasteiger partial charge < -0.3 is 9.47 Å². The Hall–Kier alpha value is -3.59. The van der Waals surface area contributed by atoms with E-state index in [0.717, 1.165) is 47.7 Å². The Morgan fingerprint density at radius 2 is 1.81 bits per heavy atom. The molecule has 192 valence electrons. The summed E-state index contributed by atoms with van der Waals surface area (Å²) >= 11 is 1.70. The third kappa shape index (κ3) is 5.88. The lowest BCUT2D eigenvalue weighted by atomic mass is 9.84. The molecule has 4 aromatic rings. The fourth-order valence-corrected chi connectivity index (χ4v) is 6.03. The quantitative estimate of drug-likeness (QED) is 0.271. The van der Waals surface area contributed by atoms with Crippen molar-refractivity contribution in [1.82, 2.24) is 24.8 Å². The van der Waals surface area contributed by atoms with Crippen molar-refractivity contribution in [1.29, 1.82) is 0 Å². The zero-order chi connectivity index (χ0) is 25.6. The van der Waals surface area contributed by atoms with E-state index in [1.807, 2.05) is 45.9 Å². The van der Waals surface area contributed by atoms with Gasteiger partial charge in [-0.1, -0.05) is 29.5 Å². The van der Waals surface area contributed by atoms with Gasteiger partial charge in [0.15, 0.2) is 0 Å². The Balaban J connectivity index is 1.26. The number of hydrogen-bond acceptors (Lipinski definition) is 7. The van der Waals surface area contributed by atoms with Crippen molar-refractivity contribution >= 4 is 17.7 Å². The molecule has 0 amide bonds. The van der Waals surface area contributed by atoms with E-state index in [4.69, 9.17) is 9.47 Å². The summed E-state index contributed by atoms with van der Waals surface area (Å²) < 4.78 is 14.2. The van der Waals surface area contributed by atoms with Crippen LogP contribution in [0.5, 0.6) is 5.75 Å². The minimum Gasteiger partial charge on any atom is -0.497 e. The number of hydrogen-bond donors (Lipinski definition) is 0. The lowest BCUT2D eigenvalue weighted by molar-refractivity contribution is 0.0515. The van der Waals surface area contributed by atoms with E-state index in [1.165, 1.54) is 5.56 Å². The van der Waals surface area contributed by atoms with Crippen LogP contribution in [0.15, 0.2) is 72.0 Å². The first-order valence-corrected chi connectivity index (χ1v) is 13.5. The summed E-state index contributed by atoms with van der Waals surface area (Å²) in [5.74, 6) is 0.921.